The molecule has 0 spiro atoms. The van der Waals surface area contributed by atoms with Crippen molar-refractivity contribution in [1.82, 2.24) is 0 Å². The van der Waals surface area contributed by atoms with Crippen molar-refractivity contribution in [3.63, 3.8) is 0 Å². The number of rotatable bonds is 15. The minimum absolute atomic E-state index is 0.363. The van der Waals surface area contributed by atoms with Crippen LogP contribution in [0.25, 0.3) is 28.3 Å². The zero-order chi connectivity index (χ0) is 24.7. The van der Waals surface area contributed by atoms with Crippen LogP contribution in [-0.2, 0) is 4.74 Å². The summed E-state index contributed by atoms with van der Waals surface area (Å²) in [5, 5.41) is 0. The van der Waals surface area contributed by atoms with Gasteiger partial charge >= 0.3 is 0 Å². The Hall–Kier alpha value is -3.10. The average Bonchev–Trinajstić information content (AvgIpc) is 2.90. The second kappa shape index (κ2) is 15.0. The minimum atomic E-state index is 0.363. The van der Waals surface area contributed by atoms with Gasteiger partial charge in [0.05, 0.1) is 6.10 Å². The Bertz CT molecular complexity index is 1010. The Labute approximate surface area is 212 Å². The SMILES string of the molecule is C=CCOc1ccc(-c2ccc(-c3ccc(/C=C/CCCC(C)OCCCCC)cc3)cc2)cc1. The molecule has 3 rings (SSSR count). The fourth-order valence-electron chi connectivity index (χ4n) is 4.00. The van der Waals surface area contributed by atoms with Crippen molar-refractivity contribution in [3.8, 4) is 28.0 Å². The summed E-state index contributed by atoms with van der Waals surface area (Å²) in [6, 6.07) is 25.7. The fourth-order valence-corrected chi connectivity index (χ4v) is 4.00. The third kappa shape index (κ3) is 9.22. The molecule has 0 aliphatic carbocycles. The van der Waals surface area contributed by atoms with Crippen LogP contribution in [0.4, 0.5) is 0 Å². The highest BCUT2D eigenvalue weighted by Crippen LogP contribution is 2.27. The van der Waals surface area contributed by atoms with Gasteiger partial charge in [0.2, 0.25) is 0 Å². The molecular weight excluding hydrogens is 428 g/mol. The molecule has 3 aromatic carbocycles. The summed E-state index contributed by atoms with van der Waals surface area (Å²) in [6.07, 6.45) is 13.7. The molecule has 2 heteroatoms. The topological polar surface area (TPSA) is 18.5 Å². The maximum absolute atomic E-state index is 5.88. The molecule has 0 heterocycles. The number of allylic oxidation sites excluding steroid dienone is 1. The van der Waals surface area contributed by atoms with Crippen LogP contribution in [-0.4, -0.2) is 19.3 Å². The first-order chi connectivity index (χ1) is 17.2. The first kappa shape index (κ1) is 26.5. The Morgan fingerprint density at radius 2 is 1.34 bits per heavy atom. The fraction of sp³-hybridized carbons (Fsp3) is 0.333. The van der Waals surface area contributed by atoms with Gasteiger partial charge in [0.15, 0.2) is 0 Å². The quantitative estimate of drug-likeness (QED) is 0.163. The van der Waals surface area contributed by atoms with E-state index in [1.54, 1.807) is 6.08 Å². The zero-order valence-electron chi connectivity index (χ0n) is 21.4. The van der Waals surface area contributed by atoms with E-state index in [1.165, 1.54) is 53.5 Å². The minimum Gasteiger partial charge on any atom is -0.490 e. The van der Waals surface area contributed by atoms with Gasteiger partial charge in [0, 0.05) is 6.61 Å². The van der Waals surface area contributed by atoms with Gasteiger partial charge in [0.1, 0.15) is 12.4 Å². The Kier molecular flexibility index (Phi) is 11.4. The summed E-state index contributed by atoms with van der Waals surface area (Å²) in [4.78, 5) is 0. The van der Waals surface area contributed by atoms with Crippen molar-refractivity contribution in [3.05, 3.63) is 97.1 Å². The summed E-state index contributed by atoms with van der Waals surface area (Å²) in [5.41, 5.74) is 6.08. The zero-order valence-corrected chi connectivity index (χ0v) is 21.4. The molecule has 0 aliphatic rings. The third-order valence-electron chi connectivity index (χ3n) is 6.13. The van der Waals surface area contributed by atoms with Crippen LogP contribution >= 0.6 is 0 Å². The van der Waals surface area contributed by atoms with Gasteiger partial charge in [-0.2, -0.15) is 0 Å². The van der Waals surface area contributed by atoms with Crippen molar-refractivity contribution in [2.45, 2.75) is 58.5 Å². The van der Waals surface area contributed by atoms with Crippen LogP contribution in [0, 0.1) is 0 Å². The first-order valence-electron chi connectivity index (χ1n) is 13.0. The van der Waals surface area contributed by atoms with Crippen LogP contribution in [0.5, 0.6) is 5.75 Å². The van der Waals surface area contributed by atoms with E-state index in [-0.39, 0.29) is 0 Å². The van der Waals surface area contributed by atoms with E-state index in [9.17, 15) is 0 Å². The van der Waals surface area contributed by atoms with E-state index in [2.05, 4.69) is 93.2 Å². The highest BCUT2D eigenvalue weighted by Gasteiger charge is 2.03. The van der Waals surface area contributed by atoms with E-state index in [1.807, 2.05) is 12.1 Å². The van der Waals surface area contributed by atoms with Gasteiger partial charge in [-0.1, -0.05) is 105 Å². The molecule has 0 amide bonds. The average molecular weight is 469 g/mol. The number of hydrogen-bond donors (Lipinski definition) is 0. The predicted octanol–water partition coefficient (Wildman–Crippen LogP) is 9.36. The lowest BCUT2D eigenvalue weighted by Gasteiger charge is -2.12. The van der Waals surface area contributed by atoms with Crippen LogP contribution in [0.15, 0.2) is 91.5 Å². The lowest BCUT2D eigenvalue weighted by atomic mass is 9.99. The summed E-state index contributed by atoms with van der Waals surface area (Å²) in [6.45, 7) is 9.53. The van der Waals surface area contributed by atoms with Gasteiger partial charge in [-0.25, -0.2) is 0 Å². The lowest BCUT2D eigenvalue weighted by Crippen LogP contribution is -2.08. The Morgan fingerprint density at radius 1 is 0.771 bits per heavy atom. The molecule has 0 saturated carbocycles. The molecule has 0 aliphatic heterocycles. The van der Waals surface area contributed by atoms with Crippen molar-refractivity contribution in [2.24, 2.45) is 0 Å². The molecule has 0 saturated heterocycles. The summed E-state index contributed by atoms with van der Waals surface area (Å²) >= 11 is 0. The first-order valence-corrected chi connectivity index (χ1v) is 13.0. The maximum atomic E-state index is 5.88. The van der Waals surface area contributed by atoms with Crippen molar-refractivity contribution < 1.29 is 9.47 Å². The summed E-state index contributed by atoms with van der Waals surface area (Å²) in [5.74, 6) is 0.862. The Morgan fingerprint density at radius 3 is 1.91 bits per heavy atom. The van der Waals surface area contributed by atoms with Crippen LogP contribution < -0.4 is 4.74 Å². The number of unbranched alkanes of at least 4 members (excludes halogenated alkanes) is 3. The monoisotopic (exact) mass is 468 g/mol. The summed E-state index contributed by atoms with van der Waals surface area (Å²) < 4.78 is 11.5. The van der Waals surface area contributed by atoms with Gasteiger partial charge in [0.25, 0.3) is 0 Å². The number of hydrogen-bond acceptors (Lipinski definition) is 2. The second-order valence-corrected chi connectivity index (χ2v) is 9.05. The van der Waals surface area contributed by atoms with E-state index in [0.717, 1.165) is 25.2 Å². The molecule has 2 nitrogen and oxygen atoms in total. The number of benzene rings is 3. The smallest absolute Gasteiger partial charge is 0.119 e. The molecule has 0 N–H and O–H groups in total. The molecule has 1 atom stereocenters. The van der Waals surface area contributed by atoms with Gasteiger partial charge in [-0.05, 0) is 72.6 Å². The predicted molar refractivity (Wildman–Crippen MR) is 151 cm³/mol. The van der Waals surface area contributed by atoms with Crippen molar-refractivity contribution in [1.29, 1.82) is 0 Å². The molecule has 35 heavy (non-hydrogen) atoms. The molecule has 0 aromatic heterocycles. The molecule has 0 fully saturated rings. The van der Waals surface area contributed by atoms with E-state index >= 15 is 0 Å². The van der Waals surface area contributed by atoms with Crippen molar-refractivity contribution >= 4 is 6.08 Å². The Balaban J connectivity index is 1.45. The maximum Gasteiger partial charge on any atom is 0.119 e. The van der Waals surface area contributed by atoms with Crippen LogP contribution in [0.3, 0.4) is 0 Å². The van der Waals surface area contributed by atoms with Crippen LogP contribution in [0.1, 0.15) is 57.9 Å². The highest BCUT2D eigenvalue weighted by molar-refractivity contribution is 5.71. The highest BCUT2D eigenvalue weighted by atomic mass is 16.5. The lowest BCUT2D eigenvalue weighted by molar-refractivity contribution is 0.0566. The summed E-state index contributed by atoms with van der Waals surface area (Å²) in [7, 11) is 0. The van der Waals surface area contributed by atoms with Gasteiger partial charge in [-0.15, -0.1) is 0 Å². The van der Waals surface area contributed by atoms with Gasteiger partial charge in [-0.3, -0.25) is 0 Å². The normalized spacial score (nSPS) is 12.1. The largest absolute Gasteiger partial charge is 0.490 e. The second-order valence-electron chi connectivity index (χ2n) is 9.05. The number of ether oxygens (including phenoxy) is 2. The molecule has 3 aromatic rings. The van der Waals surface area contributed by atoms with Crippen molar-refractivity contribution in [2.75, 3.05) is 13.2 Å². The van der Waals surface area contributed by atoms with E-state index in [4.69, 9.17) is 9.47 Å². The molecule has 0 bridgehead atoms. The standard InChI is InChI=1S/C33H40O2/c1-4-6-10-26-34-27(3)11-8-7-9-12-28-13-15-29(16-14-28)30-17-19-31(20-18-30)32-21-23-33(24-22-32)35-25-5-2/h5,9,12-24,27H,2,4,6-8,10-11,25-26H2,1,3H3/b12-9+. The third-order valence-corrected chi connectivity index (χ3v) is 6.13. The molecular formula is C33H40O2. The van der Waals surface area contributed by atoms with E-state index < -0.39 is 0 Å². The molecule has 0 radical (unpaired) electrons. The van der Waals surface area contributed by atoms with Crippen LogP contribution in [0.2, 0.25) is 0 Å². The molecule has 184 valence electrons. The van der Waals surface area contributed by atoms with E-state index in [0.29, 0.717) is 12.7 Å². The van der Waals surface area contributed by atoms with Gasteiger partial charge < -0.3 is 9.47 Å². The molecule has 1 unspecified atom stereocenters.